The number of guanidine groups is 1. The molecule has 1 fully saturated rings. The zero-order chi connectivity index (χ0) is 20.4. The van der Waals surface area contributed by atoms with Crippen molar-refractivity contribution in [1.82, 2.24) is 15.5 Å². The molecule has 1 aliphatic rings. The Labute approximate surface area is 170 Å². The third-order valence-corrected chi connectivity index (χ3v) is 5.30. The van der Waals surface area contributed by atoms with Gasteiger partial charge in [-0.15, -0.1) is 0 Å². The number of nitrogens with zero attached hydrogens (tertiary/aromatic N) is 2. The molecule has 0 saturated carbocycles. The van der Waals surface area contributed by atoms with Crippen LogP contribution in [0.1, 0.15) is 58.4 Å². The summed E-state index contributed by atoms with van der Waals surface area (Å²) in [5.74, 6) is 0.875. The van der Waals surface area contributed by atoms with Gasteiger partial charge in [0.2, 0.25) is 5.91 Å². The summed E-state index contributed by atoms with van der Waals surface area (Å²) in [6.45, 7) is 10.5. The van der Waals surface area contributed by atoms with E-state index in [1.807, 2.05) is 31.2 Å². The van der Waals surface area contributed by atoms with Crippen LogP contribution in [0.25, 0.3) is 0 Å². The van der Waals surface area contributed by atoms with Crippen LogP contribution in [0.3, 0.4) is 0 Å². The van der Waals surface area contributed by atoms with Crippen molar-refractivity contribution in [2.75, 3.05) is 32.0 Å². The predicted molar refractivity (Wildman–Crippen MR) is 118 cm³/mol. The molecule has 1 heterocycles. The monoisotopic (exact) mass is 387 g/mol. The number of hydrogen-bond acceptors (Lipinski definition) is 3. The Morgan fingerprint density at radius 1 is 1.11 bits per heavy atom. The van der Waals surface area contributed by atoms with Crippen molar-refractivity contribution in [3.63, 3.8) is 0 Å². The van der Waals surface area contributed by atoms with Crippen LogP contribution < -0.4 is 16.0 Å². The Kier molecular flexibility index (Phi) is 8.77. The molecule has 156 valence electrons. The largest absolute Gasteiger partial charge is 0.355 e. The SMILES string of the molecule is CCCC(=O)Nc1ccc(CNC(=NC)NCC(C)(C)N2CCCCC2)cc1. The maximum atomic E-state index is 11.7. The summed E-state index contributed by atoms with van der Waals surface area (Å²) in [4.78, 5) is 18.6. The van der Waals surface area contributed by atoms with Crippen molar-refractivity contribution in [2.45, 2.75) is 65.0 Å². The average molecular weight is 388 g/mol. The standard InChI is InChI=1S/C22H37N5O/c1-5-9-20(28)26-19-12-10-18(11-13-19)16-24-21(23-4)25-17-22(2,3)27-14-7-6-8-15-27/h10-13H,5-9,14-17H2,1-4H3,(H,26,28)(H2,23,24,25). The molecular weight excluding hydrogens is 350 g/mol. The lowest BCUT2D eigenvalue weighted by molar-refractivity contribution is -0.116. The molecule has 1 amide bonds. The summed E-state index contributed by atoms with van der Waals surface area (Å²) in [6.07, 6.45) is 5.36. The molecule has 0 radical (unpaired) electrons. The summed E-state index contributed by atoms with van der Waals surface area (Å²) < 4.78 is 0. The number of carbonyl (C=O) groups excluding carboxylic acids is 1. The first-order valence-corrected chi connectivity index (χ1v) is 10.5. The molecule has 0 aliphatic carbocycles. The number of carbonyl (C=O) groups is 1. The summed E-state index contributed by atoms with van der Waals surface area (Å²) in [5, 5.41) is 9.76. The molecule has 2 rings (SSSR count). The Balaban J connectivity index is 1.79. The van der Waals surface area contributed by atoms with Gasteiger partial charge in [0.15, 0.2) is 5.96 Å². The van der Waals surface area contributed by atoms with Crippen molar-refractivity contribution < 1.29 is 4.79 Å². The molecule has 28 heavy (non-hydrogen) atoms. The van der Waals surface area contributed by atoms with Gasteiger partial charge in [0.1, 0.15) is 0 Å². The molecular formula is C22H37N5O. The van der Waals surface area contributed by atoms with Gasteiger partial charge in [0, 0.05) is 37.8 Å². The molecule has 1 aromatic rings. The third-order valence-electron chi connectivity index (χ3n) is 5.30. The summed E-state index contributed by atoms with van der Waals surface area (Å²) in [6, 6.07) is 7.94. The van der Waals surface area contributed by atoms with Crippen LogP contribution >= 0.6 is 0 Å². The van der Waals surface area contributed by atoms with Crippen LogP contribution in [0, 0.1) is 0 Å². The molecule has 0 aromatic heterocycles. The van der Waals surface area contributed by atoms with E-state index in [9.17, 15) is 4.79 Å². The van der Waals surface area contributed by atoms with Gasteiger partial charge in [-0.3, -0.25) is 14.7 Å². The minimum Gasteiger partial charge on any atom is -0.355 e. The van der Waals surface area contributed by atoms with Gasteiger partial charge in [-0.2, -0.15) is 0 Å². The predicted octanol–water partition coefficient (Wildman–Crippen LogP) is 3.35. The fourth-order valence-corrected chi connectivity index (χ4v) is 3.47. The van der Waals surface area contributed by atoms with Crippen molar-refractivity contribution >= 4 is 17.6 Å². The van der Waals surface area contributed by atoms with Crippen LogP contribution in [0.2, 0.25) is 0 Å². The van der Waals surface area contributed by atoms with Crippen molar-refractivity contribution in [1.29, 1.82) is 0 Å². The highest BCUT2D eigenvalue weighted by Crippen LogP contribution is 2.19. The van der Waals surface area contributed by atoms with E-state index in [4.69, 9.17) is 0 Å². The number of nitrogens with one attached hydrogen (secondary N) is 3. The van der Waals surface area contributed by atoms with Gasteiger partial charge in [-0.25, -0.2) is 0 Å². The first-order valence-electron chi connectivity index (χ1n) is 10.5. The highest BCUT2D eigenvalue weighted by molar-refractivity contribution is 5.90. The second-order valence-corrected chi connectivity index (χ2v) is 8.13. The smallest absolute Gasteiger partial charge is 0.224 e. The number of piperidine rings is 1. The van der Waals surface area contributed by atoms with Crippen LogP contribution in [0.4, 0.5) is 5.69 Å². The van der Waals surface area contributed by atoms with Gasteiger partial charge in [-0.05, 0) is 63.9 Å². The Hall–Kier alpha value is -2.08. The van der Waals surface area contributed by atoms with Gasteiger partial charge in [-0.1, -0.05) is 25.5 Å². The van der Waals surface area contributed by atoms with Crippen LogP contribution in [-0.4, -0.2) is 49.0 Å². The maximum absolute atomic E-state index is 11.7. The summed E-state index contributed by atoms with van der Waals surface area (Å²) >= 11 is 0. The maximum Gasteiger partial charge on any atom is 0.224 e. The van der Waals surface area contributed by atoms with E-state index >= 15 is 0 Å². The minimum atomic E-state index is 0.0642. The van der Waals surface area contributed by atoms with E-state index in [0.29, 0.717) is 13.0 Å². The lowest BCUT2D eigenvalue weighted by Gasteiger charge is -2.41. The van der Waals surface area contributed by atoms with Crippen LogP contribution in [0.15, 0.2) is 29.3 Å². The fraction of sp³-hybridized carbons (Fsp3) is 0.636. The normalized spacial score (nSPS) is 15.9. The lowest BCUT2D eigenvalue weighted by Crippen LogP contribution is -2.54. The molecule has 0 spiro atoms. The van der Waals surface area contributed by atoms with E-state index in [-0.39, 0.29) is 11.4 Å². The quantitative estimate of drug-likeness (QED) is 0.473. The molecule has 1 aromatic carbocycles. The van der Waals surface area contributed by atoms with E-state index in [0.717, 1.165) is 30.2 Å². The molecule has 6 heteroatoms. The van der Waals surface area contributed by atoms with Gasteiger partial charge in [0.25, 0.3) is 0 Å². The van der Waals surface area contributed by atoms with E-state index in [1.54, 1.807) is 7.05 Å². The van der Waals surface area contributed by atoms with Gasteiger partial charge >= 0.3 is 0 Å². The van der Waals surface area contributed by atoms with E-state index in [1.165, 1.54) is 32.4 Å². The van der Waals surface area contributed by atoms with Gasteiger partial charge in [0.05, 0.1) is 0 Å². The Morgan fingerprint density at radius 3 is 2.39 bits per heavy atom. The first-order chi connectivity index (χ1) is 13.4. The van der Waals surface area contributed by atoms with Crippen LogP contribution in [-0.2, 0) is 11.3 Å². The van der Waals surface area contributed by atoms with Crippen LogP contribution in [0.5, 0.6) is 0 Å². The molecule has 0 unspecified atom stereocenters. The molecule has 3 N–H and O–H groups in total. The lowest BCUT2D eigenvalue weighted by atomic mass is 9.98. The topological polar surface area (TPSA) is 68.8 Å². The number of hydrogen-bond donors (Lipinski definition) is 3. The Bertz CT molecular complexity index is 633. The van der Waals surface area contributed by atoms with Crippen molar-refractivity contribution in [3.05, 3.63) is 29.8 Å². The number of benzene rings is 1. The second-order valence-electron chi connectivity index (χ2n) is 8.13. The molecule has 0 bridgehead atoms. The second kappa shape index (κ2) is 11.1. The molecule has 0 atom stereocenters. The van der Waals surface area contributed by atoms with Crippen molar-refractivity contribution in [2.24, 2.45) is 4.99 Å². The average Bonchev–Trinajstić information content (AvgIpc) is 2.70. The third kappa shape index (κ3) is 7.15. The highest BCUT2D eigenvalue weighted by Gasteiger charge is 2.27. The molecule has 1 aliphatic heterocycles. The number of likely N-dealkylation sites (tertiary alicyclic amines) is 1. The van der Waals surface area contributed by atoms with E-state index < -0.39 is 0 Å². The first kappa shape index (κ1) is 22.2. The Morgan fingerprint density at radius 2 is 1.79 bits per heavy atom. The molecule has 6 nitrogen and oxygen atoms in total. The number of amides is 1. The van der Waals surface area contributed by atoms with Crippen molar-refractivity contribution in [3.8, 4) is 0 Å². The number of rotatable bonds is 8. The van der Waals surface area contributed by atoms with E-state index in [2.05, 4.69) is 39.7 Å². The molecule has 1 saturated heterocycles. The zero-order valence-corrected chi connectivity index (χ0v) is 18.0. The fourth-order valence-electron chi connectivity index (χ4n) is 3.47. The highest BCUT2D eigenvalue weighted by atomic mass is 16.1. The minimum absolute atomic E-state index is 0.0642. The zero-order valence-electron chi connectivity index (χ0n) is 18.0. The summed E-state index contributed by atoms with van der Waals surface area (Å²) in [7, 11) is 1.80. The summed E-state index contributed by atoms with van der Waals surface area (Å²) in [5.41, 5.74) is 2.09. The number of aliphatic imine (C=N–C) groups is 1. The number of anilines is 1. The van der Waals surface area contributed by atoms with Gasteiger partial charge < -0.3 is 16.0 Å².